The SMILES string of the molecule is CCOC(=O)c1ccc(N)c(N2CCOC(CC)C2)c1. The summed E-state index contributed by atoms with van der Waals surface area (Å²) in [5.41, 5.74) is 8.15. The van der Waals surface area contributed by atoms with Gasteiger partial charge in [0, 0.05) is 13.1 Å². The van der Waals surface area contributed by atoms with Crippen molar-refractivity contribution in [1.29, 1.82) is 0 Å². The van der Waals surface area contributed by atoms with Crippen molar-refractivity contribution in [2.45, 2.75) is 26.4 Å². The Morgan fingerprint density at radius 1 is 1.50 bits per heavy atom. The van der Waals surface area contributed by atoms with E-state index in [1.165, 1.54) is 0 Å². The molecule has 0 saturated carbocycles. The first-order valence-electron chi connectivity index (χ1n) is 7.08. The Labute approximate surface area is 119 Å². The van der Waals surface area contributed by atoms with Crippen molar-refractivity contribution in [3.63, 3.8) is 0 Å². The van der Waals surface area contributed by atoms with Gasteiger partial charge in [-0.05, 0) is 31.5 Å². The Morgan fingerprint density at radius 2 is 2.30 bits per heavy atom. The molecule has 1 fully saturated rings. The van der Waals surface area contributed by atoms with Gasteiger partial charge in [-0.25, -0.2) is 4.79 Å². The molecule has 5 heteroatoms. The molecule has 5 nitrogen and oxygen atoms in total. The molecule has 0 aromatic heterocycles. The molecule has 1 aromatic carbocycles. The van der Waals surface area contributed by atoms with Crippen LogP contribution in [0.5, 0.6) is 0 Å². The second-order valence-electron chi connectivity index (χ2n) is 4.84. The lowest BCUT2D eigenvalue weighted by molar-refractivity contribution is 0.0385. The van der Waals surface area contributed by atoms with Gasteiger partial charge in [-0.3, -0.25) is 0 Å². The molecule has 0 aliphatic carbocycles. The molecule has 1 heterocycles. The highest BCUT2D eigenvalue weighted by molar-refractivity contribution is 5.92. The number of nitrogens with two attached hydrogens (primary N) is 1. The van der Waals surface area contributed by atoms with Gasteiger partial charge in [0.25, 0.3) is 0 Å². The standard InChI is InChI=1S/C15H22N2O3/c1-3-12-10-17(7-8-20-12)14-9-11(5-6-13(14)16)15(18)19-4-2/h5-6,9,12H,3-4,7-8,10,16H2,1-2H3. The van der Waals surface area contributed by atoms with E-state index in [2.05, 4.69) is 11.8 Å². The maximum absolute atomic E-state index is 11.8. The van der Waals surface area contributed by atoms with Crippen LogP contribution in [0.4, 0.5) is 11.4 Å². The average Bonchev–Trinajstić information content (AvgIpc) is 2.48. The van der Waals surface area contributed by atoms with Crippen LogP contribution in [-0.4, -0.2) is 38.4 Å². The molecule has 1 saturated heterocycles. The Kier molecular flexibility index (Phi) is 4.84. The summed E-state index contributed by atoms with van der Waals surface area (Å²) in [6.45, 7) is 6.53. The van der Waals surface area contributed by atoms with Gasteiger partial charge < -0.3 is 20.1 Å². The lowest BCUT2D eigenvalue weighted by Crippen LogP contribution is -2.42. The Hall–Kier alpha value is -1.75. The van der Waals surface area contributed by atoms with E-state index in [-0.39, 0.29) is 12.1 Å². The second kappa shape index (κ2) is 6.61. The zero-order valence-corrected chi connectivity index (χ0v) is 12.1. The number of hydrogen-bond donors (Lipinski definition) is 1. The van der Waals surface area contributed by atoms with Crippen molar-refractivity contribution in [1.82, 2.24) is 0 Å². The smallest absolute Gasteiger partial charge is 0.338 e. The van der Waals surface area contributed by atoms with Crippen LogP contribution in [0.25, 0.3) is 0 Å². The van der Waals surface area contributed by atoms with Crippen LogP contribution in [0, 0.1) is 0 Å². The van der Waals surface area contributed by atoms with E-state index in [0.29, 0.717) is 24.5 Å². The number of rotatable bonds is 4. The van der Waals surface area contributed by atoms with Crippen LogP contribution in [0.15, 0.2) is 18.2 Å². The van der Waals surface area contributed by atoms with E-state index in [1.54, 1.807) is 19.1 Å². The highest BCUT2D eigenvalue weighted by Gasteiger charge is 2.21. The van der Waals surface area contributed by atoms with Gasteiger partial charge in [-0.2, -0.15) is 0 Å². The topological polar surface area (TPSA) is 64.8 Å². The van der Waals surface area contributed by atoms with Crippen LogP contribution in [0.2, 0.25) is 0 Å². The summed E-state index contributed by atoms with van der Waals surface area (Å²) in [6.07, 6.45) is 1.18. The largest absolute Gasteiger partial charge is 0.462 e. The first-order valence-corrected chi connectivity index (χ1v) is 7.08. The molecule has 0 bridgehead atoms. The summed E-state index contributed by atoms with van der Waals surface area (Å²) >= 11 is 0. The number of ether oxygens (including phenoxy) is 2. The van der Waals surface area contributed by atoms with Crippen molar-refractivity contribution in [2.75, 3.05) is 36.9 Å². The van der Waals surface area contributed by atoms with Gasteiger partial charge in [0.15, 0.2) is 0 Å². The Morgan fingerprint density at radius 3 is 3.00 bits per heavy atom. The fraction of sp³-hybridized carbons (Fsp3) is 0.533. The minimum Gasteiger partial charge on any atom is -0.462 e. The van der Waals surface area contributed by atoms with E-state index in [4.69, 9.17) is 15.2 Å². The number of carbonyl (C=O) groups is 1. The van der Waals surface area contributed by atoms with Gasteiger partial charge in [0.2, 0.25) is 0 Å². The number of esters is 1. The number of morpholine rings is 1. The molecule has 20 heavy (non-hydrogen) atoms. The summed E-state index contributed by atoms with van der Waals surface area (Å²) in [5.74, 6) is -0.311. The summed E-state index contributed by atoms with van der Waals surface area (Å²) in [5, 5.41) is 0. The monoisotopic (exact) mass is 278 g/mol. The fourth-order valence-electron chi connectivity index (χ4n) is 2.34. The van der Waals surface area contributed by atoms with Crippen LogP contribution < -0.4 is 10.6 Å². The number of carbonyl (C=O) groups excluding carboxylic acids is 1. The molecule has 2 rings (SSSR count). The average molecular weight is 278 g/mol. The van der Waals surface area contributed by atoms with E-state index in [1.807, 2.05) is 6.07 Å². The lowest BCUT2D eigenvalue weighted by atomic mass is 10.1. The molecule has 0 amide bonds. The van der Waals surface area contributed by atoms with Gasteiger partial charge in [-0.15, -0.1) is 0 Å². The number of nitrogen functional groups attached to an aromatic ring is 1. The quantitative estimate of drug-likeness (QED) is 0.674. The number of benzene rings is 1. The number of hydrogen-bond acceptors (Lipinski definition) is 5. The third kappa shape index (κ3) is 3.22. The van der Waals surface area contributed by atoms with Gasteiger partial charge >= 0.3 is 5.97 Å². The Balaban J connectivity index is 2.21. The highest BCUT2D eigenvalue weighted by atomic mass is 16.5. The molecular weight excluding hydrogens is 256 g/mol. The van der Waals surface area contributed by atoms with E-state index >= 15 is 0 Å². The van der Waals surface area contributed by atoms with Crippen molar-refractivity contribution in [2.24, 2.45) is 0 Å². The molecule has 0 spiro atoms. The third-order valence-electron chi connectivity index (χ3n) is 3.48. The minimum absolute atomic E-state index is 0.217. The van der Waals surface area contributed by atoms with E-state index < -0.39 is 0 Å². The number of anilines is 2. The summed E-state index contributed by atoms with van der Waals surface area (Å²) in [6, 6.07) is 5.28. The van der Waals surface area contributed by atoms with Crippen LogP contribution >= 0.6 is 0 Å². The van der Waals surface area contributed by atoms with E-state index in [9.17, 15) is 4.79 Å². The summed E-state index contributed by atoms with van der Waals surface area (Å²) < 4.78 is 10.7. The zero-order chi connectivity index (χ0) is 14.5. The van der Waals surface area contributed by atoms with Crippen LogP contribution in [-0.2, 0) is 9.47 Å². The fourth-order valence-corrected chi connectivity index (χ4v) is 2.34. The first kappa shape index (κ1) is 14.7. The first-order chi connectivity index (χ1) is 9.65. The molecule has 110 valence electrons. The van der Waals surface area contributed by atoms with Crippen LogP contribution in [0.3, 0.4) is 0 Å². The molecule has 1 aliphatic heterocycles. The minimum atomic E-state index is -0.311. The molecule has 1 unspecified atom stereocenters. The summed E-state index contributed by atoms with van der Waals surface area (Å²) in [7, 11) is 0. The number of nitrogens with zero attached hydrogens (tertiary/aromatic N) is 1. The third-order valence-corrected chi connectivity index (χ3v) is 3.48. The van der Waals surface area contributed by atoms with Crippen molar-refractivity contribution < 1.29 is 14.3 Å². The summed E-state index contributed by atoms with van der Waals surface area (Å²) in [4.78, 5) is 14.0. The predicted molar refractivity (Wildman–Crippen MR) is 79.1 cm³/mol. The maximum Gasteiger partial charge on any atom is 0.338 e. The van der Waals surface area contributed by atoms with Gasteiger partial charge in [0.05, 0.1) is 36.3 Å². The maximum atomic E-state index is 11.8. The normalized spacial score (nSPS) is 18.9. The molecule has 1 aliphatic rings. The van der Waals surface area contributed by atoms with Crippen molar-refractivity contribution in [3.05, 3.63) is 23.8 Å². The second-order valence-corrected chi connectivity index (χ2v) is 4.84. The Bertz CT molecular complexity index is 476. The molecule has 1 aromatic rings. The molecule has 1 atom stereocenters. The zero-order valence-electron chi connectivity index (χ0n) is 12.1. The predicted octanol–water partition coefficient (Wildman–Crippen LogP) is 2.06. The van der Waals surface area contributed by atoms with Crippen LogP contribution in [0.1, 0.15) is 30.6 Å². The molecule has 2 N–H and O–H groups in total. The molecule has 0 radical (unpaired) electrons. The van der Waals surface area contributed by atoms with Crippen molar-refractivity contribution in [3.8, 4) is 0 Å². The highest BCUT2D eigenvalue weighted by Crippen LogP contribution is 2.27. The van der Waals surface area contributed by atoms with Crippen molar-refractivity contribution >= 4 is 17.3 Å². The van der Waals surface area contributed by atoms with Gasteiger partial charge in [-0.1, -0.05) is 6.92 Å². The lowest BCUT2D eigenvalue weighted by Gasteiger charge is -2.35. The molecular formula is C15H22N2O3. The van der Waals surface area contributed by atoms with E-state index in [0.717, 1.165) is 25.2 Å². The van der Waals surface area contributed by atoms with Gasteiger partial charge in [0.1, 0.15) is 0 Å².